The van der Waals surface area contributed by atoms with Crippen LogP contribution in [-0.4, -0.2) is 28.5 Å². The number of aliphatic hydroxyl groups is 2. The Hall–Kier alpha value is -1.85. The van der Waals surface area contributed by atoms with E-state index in [9.17, 15) is 15.0 Å². The molecule has 28 heavy (non-hydrogen) atoms. The molecule has 1 aromatic heterocycles. The fourth-order valence-electron chi connectivity index (χ4n) is 5.81. The van der Waals surface area contributed by atoms with Crippen LogP contribution in [0.4, 0.5) is 0 Å². The van der Waals surface area contributed by atoms with Crippen LogP contribution in [0.1, 0.15) is 46.5 Å². The van der Waals surface area contributed by atoms with Crippen LogP contribution in [0.15, 0.2) is 39.5 Å². The maximum absolute atomic E-state index is 11.5. The van der Waals surface area contributed by atoms with Crippen molar-refractivity contribution in [2.75, 3.05) is 6.61 Å². The van der Waals surface area contributed by atoms with Crippen LogP contribution in [0, 0.1) is 23.2 Å². The molecule has 0 saturated heterocycles. The third-order valence-electron chi connectivity index (χ3n) is 7.59. The first kappa shape index (κ1) is 19.5. The van der Waals surface area contributed by atoms with E-state index in [0.717, 1.165) is 24.6 Å². The first-order valence-electron chi connectivity index (χ1n) is 10.3. The highest BCUT2D eigenvalue weighted by Crippen LogP contribution is 2.58. The molecule has 0 bridgehead atoms. The van der Waals surface area contributed by atoms with Gasteiger partial charge in [0.15, 0.2) is 0 Å². The molecule has 6 atom stereocenters. The van der Waals surface area contributed by atoms with E-state index in [0.29, 0.717) is 30.3 Å². The molecule has 5 heteroatoms. The van der Waals surface area contributed by atoms with E-state index in [-0.39, 0.29) is 29.0 Å². The van der Waals surface area contributed by atoms with Crippen molar-refractivity contribution in [2.24, 2.45) is 23.2 Å². The SMILES string of the molecule is CC1C(O)CCC2(C)C1CCC(C)(O)C2COc1ccc2ccc(=O)oc2c1. The first-order valence-corrected chi connectivity index (χ1v) is 10.3. The van der Waals surface area contributed by atoms with Gasteiger partial charge in [-0.15, -0.1) is 0 Å². The minimum Gasteiger partial charge on any atom is -0.493 e. The van der Waals surface area contributed by atoms with Crippen molar-refractivity contribution in [3.8, 4) is 5.75 Å². The van der Waals surface area contributed by atoms with Crippen LogP contribution < -0.4 is 10.4 Å². The molecule has 2 saturated carbocycles. The molecule has 5 nitrogen and oxygen atoms in total. The minimum atomic E-state index is -0.809. The summed E-state index contributed by atoms with van der Waals surface area (Å²) in [5, 5.41) is 22.4. The van der Waals surface area contributed by atoms with Crippen molar-refractivity contribution in [1.29, 1.82) is 0 Å². The minimum absolute atomic E-state index is 0.0350. The highest BCUT2D eigenvalue weighted by molar-refractivity contribution is 5.77. The quantitative estimate of drug-likeness (QED) is 0.786. The number of aliphatic hydroxyl groups excluding tert-OH is 1. The van der Waals surface area contributed by atoms with Gasteiger partial charge in [-0.05, 0) is 68.1 Å². The molecule has 2 N–H and O–H groups in total. The summed E-state index contributed by atoms with van der Waals surface area (Å²) in [5.41, 5.74) is -0.774. The predicted octanol–water partition coefficient (Wildman–Crippen LogP) is 3.75. The van der Waals surface area contributed by atoms with E-state index in [1.165, 1.54) is 6.07 Å². The van der Waals surface area contributed by atoms with Gasteiger partial charge in [-0.3, -0.25) is 0 Å². The maximum atomic E-state index is 11.5. The van der Waals surface area contributed by atoms with Crippen LogP contribution in [0.2, 0.25) is 0 Å². The van der Waals surface area contributed by atoms with Crippen LogP contribution in [-0.2, 0) is 0 Å². The fraction of sp³-hybridized carbons (Fsp3) is 0.609. The van der Waals surface area contributed by atoms with Crippen LogP contribution in [0.5, 0.6) is 5.75 Å². The second-order valence-corrected chi connectivity index (χ2v) is 9.29. The van der Waals surface area contributed by atoms with Crippen LogP contribution in [0.3, 0.4) is 0 Å². The lowest BCUT2D eigenvalue weighted by Gasteiger charge is -2.58. The Morgan fingerprint density at radius 2 is 1.93 bits per heavy atom. The number of benzene rings is 1. The number of hydrogen-bond donors (Lipinski definition) is 2. The summed E-state index contributed by atoms with van der Waals surface area (Å²) in [6.45, 7) is 6.69. The van der Waals surface area contributed by atoms with Gasteiger partial charge < -0.3 is 19.4 Å². The zero-order valence-electron chi connectivity index (χ0n) is 16.9. The third kappa shape index (κ3) is 3.25. The Morgan fingerprint density at radius 3 is 2.71 bits per heavy atom. The molecule has 152 valence electrons. The number of hydrogen-bond acceptors (Lipinski definition) is 5. The lowest BCUT2D eigenvalue weighted by atomic mass is 9.49. The van der Waals surface area contributed by atoms with Crippen molar-refractivity contribution in [3.05, 3.63) is 40.8 Å². The molecule has 0 radical (unpaired) electrons. The molecule has 0 amide bonds. The second kappa shape index (κ2) is 6.89. The average molecular weight is 386 g/mol. The smallest absolute Gasteiger partial charge is 0.336 e. The van der Waals surface area contributed by atoms with Gasteiger partial charge >= 0.3 is 5.63 Å². The van der Waals surface area contributed by atoms with Gasteiger partial charge in [0.2, 0.25) is 0 Å². The standard InChI is InChI=1S/C23H30O5/c1-14-17-8-11-23(3,26)20(22(17,2)10-9-18(14)24)13-27-16-6-4-15-5-7-21(25)28-19(15)12-16/h4-7,12,14,17-18,20,24,26H,8-11,13H2,1-3H3. The average Bonchev–Trinajstić information content (AvgIpc) is 2.64. The lowest BCUT2D eigenvalue weighted by molar-refractivity contribution is -0.176. The van der Waals surface area contributed by atoms with Crippen molar-refractivity contribution in [2.45, 2.75) is 58.2 Å². The first-order chi connectivity index (χ1) is 13.2. The highest BCUT2D eigenvalue weighted by Gasteiger charge is 2.57. The van der Waals surface area contributed by atoms with Crippen LogP contribution in [0.25, 0.3) is 11.0 Å². The Kier molecular flexibility index (Phi) is 4.79. The topological polar surface area (TPSA) is 79.9 Å². The highest BCUT2D eigenvalue weighted by atomic mass is 16.5. The van der Waals surface area contributed by atoms with E-state index < -0.39 is 5.60 Å². The van der Waals surface area contributed by atoms with Gasteiger partial charge in [0.05, 0.1) is 18.3 Å². The van der Waals surface area contributed by atoms with Gasteiger partial charge in [-0.2, -0.15) is 0 Å². The van der Waals surface area contributed by atoms with Gasteiger partial charge in [-0.1, -0.05) is 13.8 Å². The molecule has 1 aromatic carbocycles. The summed E-state index contributed by atoms with van der Waals surface area (Å²) in [6, 6.07) is 8.61. The Bertz CT molecular complexity index is 917. The molecule has 2 aliphatic rings. The van der Waals surface area contributed by atoms with E-state index in [1.807, 2.05) is 19.1 Å². The zero-order chi connectivity index (χ0) is 20.1. The van der Waals surface area contributed by atoms with E-state index in [4.69, 9.17) is 9.15 Å². The summed E-state index contributed by atoms with van der Waals surface area (Å²) < 4.78 is 11.4. The van der Waals surface area contributed by atoms with Crippen molar-refractivity contribution in [3.63, 3.8) is 0 Å². The van der Waals surface area contributed by atoms with E-state index in [2.05, 4.69) is 13.8 Å². The zero-order valence-corrected chi connectivity index (χ0v) is 16.9. The predicted molar refractivity (Wildman–Crippen MR) is 107 cm³/mol. The third-order valence-corrected chi connectivity index (χ3v) is 7.59. The van der Waals surface area contributed by atoms with E-state index in [1.54, 1.807) is 12.1 Å². The molecule has 2 fully saturated rings. The number of rotatable bonds is 3. The largest absolute Gasteiger partial charge is 0.493 e. The number of ether oxygens (including phenoxy) is 1. The summed E-state index contributed by atoms with van der Waals surface area (Å²) in [4.78, 5) is 11.5. The Labute approximate surface area is 165 Å². The van der Waals surface area contributed by atoms with Gasteiger partial charge in [0.1, 0.15) is 11.3 Å². The van der Waals surface area contributed by atoms with Crippen molar-refractivity contribution in [1.82, 2.24) is 0 Å². The lowest BCUT2D eigenvalue weighted by Crippen LogP contribution is -2.59. The van der Waals surface area contributed by atoms with Crippen molar-refractivity contribution >= 4 is 11.0 Å². The Balaban J connectivity index is 1.59. The molecular formula is C23H30O5. The normalized spacial score (nSPS) is 38.2. The maximum Gasteiger partial charge on any atom is 0.336 e. The van der Waals surface area contributed by atoms with Crippen molar-refractivity contribution < 1.29 is 19.4 Å². The van der Waals surface area contributed by atoms with Gasteiger partial charge in [0, 0.05) is 23.4 Å². The summed E-state index contributed by atoms with van der Waals surface area (Å²) in [5.74, 6) is 1.20. The fourth-order valence-corrected chi connectivity index (χ4v) is 5.81. The van der Waals surface area contributed by atoms with Crippen LogP contribution >= 0.6 is 0 Å². The Morgan fingerprint density at radius 1 is 1.18 bits per heavy atom. The molecule has 0 aliphatic heterocycles. The monoisotopic (exact) mass is 386 g/mol. The molecule has 4 rings (SSSR count). The van der Waals surface area contributed by atoms with E-state index >= 15 is 0 Å². The molecule has 1 heterocycles. The summed E-state index contributed by atoms with van der Waals surface area (Å²) in [6.07, 6.45) is 3.04. The molecule has 2 aliphatic carbocycles. The summed E-state index contributed by atoms with van der Waals surface area (Å²) >= 11 is 0. The molecule has 6 unspecified atom stereocenters. The molecule has 0 spiro atoms. The molecule has 2 aromatic rings. The summed E-state index contributed by atoms with van der Waals surface area (Å²) in [7, 11) is 0. The molecular weight excluding hydrogens is 356 g/mol. The van der Waals surface area contributed by atoms with Gasteiger partial charge in [-0.25, -0.2) is 4.79 Å². The van der Waals surface area contributed by atoms with Gasteiger partial charge in [0.25, 0.3) is 0 Å². The second-order valence-electron chi connectivity index (χ2n) is 9.29. The number of fused-ring (bicyclic) bond motifs is 2.